The minimum atomic E-state index is -0.697. The zero-order valence-corrected chi connectivity index (χ0v) is 14.0. The van der Waals surface area contributed by atoms with E-state index in [0.29, 0.717) is 6.42 Å². The molecule has 5 atom stereocenters. The van der Waals surface area contributed by atoms with Crippen LogP contribution in [0.1, 0.15) is 54.9 Å². The summed E-state index contributed by atoms with van der Waals surface area (Å²) in [7, 11) is 0. The van der Waals surface area contributed by atoms with Crippen molar-refractivity contribution >= 4 is 5.97 Å². The van der Waals surface area contributed by atoms with Gasteiger partial charge in [0.1, 0.15) is 6.10 Å². The van der Waals surface area contributed by atoms with Crippen LogP contribution in [0.3, 0.4) is 0 Å². The lowest BCUT2D eigenvalue weighted by Crippen LogP contribution is -2.42. The van der Waals surface area contributed by atoms with Crippen molar-refractivity contribution in [3.8, 4) is 0 Å². The highest BCUT2D eigenvalue weighted by Gasteiger charge is 2.34. The van der Waals surface area contributed by atoms with E-state index in [0.717, 1.165) is 0 Å². The van der Waals surface area contributed by atoms with Crippen LogP contribution in [0.25, 0.3) is 0 Å². The third-order valence-corrected chi connectivity index (χ3v) is 4.03. The quantitative estimate of drug-likeness (QED) is 0.674. The van der Waals surface area contributed by atoms with E-state index in [2.05, 4.69) is 0 Å². The molecule has 0 saturated carbocycles. The molecule has 0 saturated heterocycles. The summed E-state index contributed by atoms with van der Waals surface area (Å²) in [5, 5.41) is 20.5. The van der Waals surface area contributed by atoms with Gasteiger partial charge in [-0.1, -0.05) is 48.5 Å². The average Bonchev–Trinajstić information content (AvgIpc) is 2.40. The van der Waals surface area contributed by atoms with Gasteiger partial charge in [0.15, 0.2) is 0 Å². The Kier molecular flexibility index (Phi) is 8.36. The molecule has 0 fully saturated rings. The molecule has 0 rings (SSSR count). The van der Waals surface area contributed by atoms with E-state index < -0.39 is 12.2 Å². The van der Waals surface area contributed by atoms with Crippen LogP contribution in [0.5, 0.6) is 0 Å². The molecule has 2 N–H and O–H groups in total. The van der Waals surface area contributed by atoms with Crippen LogP contribution >= 0.6 is 0 Å². The van der Waals surface area contributed by atoms with Gasteiger partial charge in [-0.2, -0.15) is 0 Å². The summed E-state index contributed by atoms with van der Waals surface area (Å²) in [4.78, 5) is 11.7. The fraction of sp³-hybridized carbons (Fsp3) is 0.938. The van der Waals surface area contributed by atoms with Gasteiger partial charge in [-0.3, -0.25) is 4.79 Å². The zero-order chi connectivity index (χ0) is 16.0. The number of aliphatic hydroxyl groups excluding tert-OH is 2. The van der Waals surface area contributed by atoms with Crippen molar-refractivity contribution in [2.75, 3.05) is 0 Å². The van der Waals surface area contributed by atoms with Gasteiger partial charge in [-0.05, 0) is 12.3 Å². The van der Waals surface area contributed by atoms with E-state index in [4.69, 9.17) is 4.74 Å². The van der Waals surface area contributed by atoms with Gasteiger partial charge >= 0.3 is 5.97 Å². The monoisotopic (exact) mass is 288 g/mol. The van der Waals surface area contributed by atoms with Gasteiger partial charge in [0, 0.05) is 11.8 Å². The largest absolute Gasteiger partial charge is 0.462 e. The standard InChI is InChI=1S/C16H32O4/c1-8-13(20-16(19)10(4)5)11(6)15(18)12(7)14(17)9(2)3/h9-15,17-18H,8H2,1-7H3/t11-,12-,13-,14-,15+/m1/s1. The highest BCUT2D eigenvalue weighted by Crippen LogP contribution is 2.26. The van der Waals surface area contributed by atoms with Crippen LogP contribution in [0, 0.1) is 23.7 Å². The fourth-order valence-corrected chi connectivity index (χ4v) is 2.36. The van der Waals surface area contributed by atoms with Crippen molar-refractivity contribution < 1.29 is 19.7 Å². The third-order valence-electron chi connectivity index (χ3n) is 4.03. The SMILES string of the molecule is CC[C@@H](OC(=O)C(C)C)[C@@H](C)[C@H](O)[C@H](C)[C@H](O)C(C)C. The molecule has 0 heterocycles. The Hall–Kier alpha value is -0.610. The Morgan fingerprint density at radius 2 is 1.45 bits per heavy atom. The second kappa shape index (κ2) is 8.63. The molecule has 0 bridgehead atoms. The van der Waals surface area contributed by atoms with Crippen LogP contribution in [0.4, 0.5) is 0 Å². The predicted octanol–water partition coefficient (Wildman–Crippen LogP) is 2.61. The molecule has 0 aliphatic heterocycles. The van der Waals surface area contributed by atoms with Crippen molar-refractivity contribution in [1.29, 1.82) is 0 Å². The molecule has 120 valence electrons. The summed E-state index contributed by atoms with van der Waals surface area (Å²) in [5.41, 5.74) is 0. The Labute approximate surface area is 123 Å². The maximum Gasteiger partial charge on any atom is 0.308 e. The van der Waals surface area contributed by atoms with Gasteiger partial charge in [-0.15, -0.1) is 0 Å². The lowest BCUT2D eigenvalue weighted by Gasteiger charge is -2.34. The number of carbonyl (C=O) groups is 1. The van der Waals surface area contributed by atoms with E-state index in [9.17, 15) is 15.0 Å². The van der Waals surface area contributed by atoms with Crippen LogP contribution in [0.2, 0.25) is 0 Å². The normalized spacial score (nSPS) is 19.6. The summed E-state index contributed by atoms with van der Waals surface area (Å²) in [6.07, 6.45) is -0.925. The van der Waals surface area contributed by atoms with E-state index >= 15 is 0 Å². The van der Waals surface area contributed by atoms with Crippen LogP contribution < -0.4 is 0 Å². The van der Waals surface area contributed by atoms with E-state index in [1.54, 1.807) is 13.8 Å². The van der Waals surface area contributed by atoms with Gasteiger partial charge in [0.05, 0.1) is 18.1 Å². The second-order valence-electron chi connectivity index (χ2n) is 6.48. The first-order chi connectivity index (χ1) is 9.13. The molecule has 0 aromatic rings. The lowest BCUT2D eigenvalue weighted by molar-refractivity contribution is -0.159. The molecule has 0 aromatic carbocycles. The first kappa shape index (κ1) is 19.4. The number of carbonyl (C=O) groups excluding carboxylic acids is 1. The Morgan fingerprint density at radius 3 is 1.80 bits per heavy atom. The highest BCUT2D eigenvalue weighted by atomic mass is 16.5. The summed E-state index contributed by atoms with van der Waals surface area (Å²) < 4.78 is 5.45. The molecule has 20 heavy (non-hydrogen) atoms. The maximum absolute atomic E-state index is 11.7. The topological polar surface area (TPSA) is 66.8 Å². The van der Waals surface area contributed by atoms with E-state index in [-0.39, 0.29) is 35.7 Å². The summed E-state index contributed by atoms with van der Waals surface area (Å²) in [5.74, 6) is -0.784. The van der Waals surface area contributed by atoms with Gasteiger partial charge < -0.3 is 14.9 Å². The molecular formula is C16H32O4. The van der Waals surface area contributed by atoms with Gasteiger partial charge in [0.2, 0.25) is 0 Å². The first-order valence-electron chi connectivity index (χ1n) is 7.70. The molecule has 4 nitrogen and oxygen atoms in total. The van der Waals surface area contributed by atoms with Crippen molar-refractivity contribution in [2.45, 2.75) is 73.2 Å². The van der Waals surface area contributed by atoms with Crippen LogP contribution in [-0.4, -0.2) is 34.5 Å². The minimum Gasteiger partial charge on any atom is -0.462 e. The molecule has 0 aliphatic carbocycles. The molecular weight excluding hydrogens is 256 g/mol. The molecule has 0 aliphatic rings. The number of aliphatic hydroxyl groups is 2. The summed E-state index contributed by atoms with van der Waals surface area (Å²) in [6, 6.07) is 0. The van der Waals surface area contributed by atoms with Gasteiger partial charge in [0.25, 0.3) is 0 Å². The smallest absolute Gasteiger partial charge is 0.308 e. The number of hydrogen-bond donors (Lipinski definition) is 2. The minimum absolute atomic E-state index is 0.0881. The van der Waals surface area contributed by atoms with Crippen LogP contribution in [-0.2, 0) is 9.53 Å². The summed E-state index contributed by atoms with van der Waals surface area (Å²) in [6.45, 7) is 13.1. The highest BCUT2D eigenvalue weighted by molar-refractivity contribution is 5.71. The van der Waals surface area contributed by atoms with Crippen LogP contribution in [0.15, 0.2) is 0 Å². The Morgan fingerprint density at radius 1 is 0.950 bits per heavy atom. The lowest BCUT2D eigenvalue weighted by atomic mass is 9.82. The fourth-order valence-electron chi connectivity index (χ4n) is 2.36. The Bertz CT molecular complexity index is 288. The molecule has 0 unspecified atom stereocenters. The first-order valence-corrected chi connectivity index (χ1v) is 7.70. The van der Waals surface area contributed by atoms with Crippen molar-refractivity contribution in [2.24, 2.45) is 23.7 Å². The molecule has 0 radical (unpaired) electrons. The zero-order valence-electron chi connectivity index (χ0n) is 14.0. The van der Waals surface area contributed by atoms with Gasteiger partial charge in [-0.25, -0.2) is 0 Å². The van der Waals surface area contributed by atoms with Crippen molar-refractivity contribution in [3.05, 3.63) is 0 Å². The second-order valence-corrected chi connectivity index (χ2v) is 6.48. The number of esters is 1. The van der Waals surface area contributed by atoms with E-state index in [1.807, 2.05) is 34.6 Å². The molecule has 0 spiro atoms. The molecule has 0 amide bonds. The Balaban J connectivity index is 4.74. The van der Waals surface area contributed by atoms with Crippen molar-refractivity contribution in [1.82, 2.24) is 0 Å². The number of ether oxygens (including phenoxy) is 1. The number of hydrogen-bond acceptors (Lipinski definition) is 4. The average molecular weight is 288 g/mol. The predicted molar refractivity (Wildman–Crippen MR) is 80.2 cm³/mol. The molecule has 0 aromatic heterocycles. The third kappa shape index (κ3) is 5.41. The van der Waals surface area contributed by atoms with Crippen molar-refractivity contribution in [3.63, 3.8) is 0 Å². The number of rotatable bonds is 8. The summed E-state index contributed by atoms with van der Waals surface area (Å²) >= 11 is 0. The maximum atomic E-state index is 11.7. The molecule has 4 heteroatoms. The van der Waals surface area contributed by atoms with E-state index in [1.165, 1.54) is 0 Å².